The fourth-order valence-electron chi connectivity index (χ4n) is 4.85. The number of nitrogens with one attached hydrogen (secondary N) is 1. The van der Waals surface area contributed by atoms with Crippen LogP contribution in [0.3, 0.4) is 0 Å². The molecular formula is C24H28N4O4S. The first kappa shape index (κ1) is 21.9. The second-order valence-corrected chi connectivity index (χ2v) is 11.0. The first-order valence-corrected chi connectivity index (χ1v) is 13.1. The second-order valence-electron chi connectivity index (χ2n) is 9.24. The Morgan fingerprint density at radius 1 is 1.15 bits per heavy atom. The molecule has 8 nitrogen and oxygen atoms in total. The average Bonchev–Trinajstić information content (AvgIpc) is 3.13. The number of carbonyl (C=O) groups excluding carboxylic acids is 1. The molecule has 0 amide bonds. The van der Waals surface area contributed by atoms with E-state index in [2.05, 4.69) is 32.8 Å². The summed E-state index contributed by atoms with van der Waals surface area (Å²) in [6.45, 7) is 2.72. The molecule has 0 atom stereocenters. The van der Waals surface area contributed by atoms with Gasteiger partial charge in [-0.25, -0.2) is 13.4 Å². The van der Waals surface area contributed by atoms with E-state index in [1.165, 1.54) is 5.56 Å². The van der Waals surface area contributed by atoms with Crippen LogP contribution in [0.1, 0.15) is 35.2 Å². The Morgan fingerprint density at radius 3 is 2.70 bits per heavy atom. The van der Waals surface area contributed by atoms with Crippen LogP contribution in [0.25, 0.3) is 11.0 Å². The van der Waals surface area contributed by atoms with Crippen molar-refractivity contribution in [1.29, 1.82) is 0 Å². The highest BCUT2D eigenvalue weighted by Crippen LogP contribution is 2.40. The molecule has 0 bridgehead atoms. The minimum Gasteiger partial charge on any atom is -0.486 e. The molecule has 0 aliphatic carbocycles. The summed E-state index contributed by atoms with van der Waals surface area (Å²) in [5.74, 6) is 0.551. The molecule has 2 aromatic carbocycles. The molecular weight excluding hydrogens is 440 g/mol. The minimum atomic E-state index is -3.40. The molecule has 0 radical (unpaired) electrons. The van der Waals surface area contributed by atoms with Crippen molar-refractivity contribution >= 4 is 32.5 Å². The molecule has 2 aliphatic rings. The van der Waals surface area contributed by atoms with Crippen LogP contribution >= 0.6 is 0 Å². The van der Waals surface area contributed by atoms with E-state index in [1.54, 1.807) is 18.2 Å². The molecule has 2 aliphatic heterocycles. The van der Waals surface area contributed by atoms with E-state index in [-0.39, 0.29) is 5.78 Å². The molecule has 174 valence electrons. The van der Waals surface area contributed by atoms with Gasteiger partial charge in [-0.05, 0) is 42.3 Å². The molecule has 0 saturated carbocycles. The van der Waals surface area contributed by atoms with Crippen molar-refractivity contribution in [2.45, 2.75) is 31.3 Å². The monoisotopic (exact) mass is 468 g/mol. The summed E-state index contributed by atoms with van der Waals surface area (Å²) < 4.78 is 33.8. The number of ether oxygens (including phenoxy) is 1. The largest absolute Gasteiger partial charge is 0.486 e. The lowest BCUT2D eigenvalue weighted by atomic mass is 9.82. The number of hydrogen-bond acceptors (Lipinski definition) is 6. The van der Waals surface area contributed by atoms with Crippen molar-refractivity contribution < 1.29 is 17.9 Å². The van der Waals surface area contributed by atoms with Crippen LogP contribution in [0.2, 0.25) is 0 Å². The predicted molar refractivity (Wildman–Crippen MR) is 127 cm³/mol. The predicted octanol–water partition coefficient (Wildman–Crippen LogP) is 2.99. The number of piperidine rings is 1. The van der Waals surface area contributed by atoms with Gasteiger partial charge in [0.1, 0.15) is 11.4 Å². The number of rotatable bonds is 5. The Labute approximate surface area is 193 Å². The summed E-state index contributed by atoms with van der Waals surface area (Å²) in [7, 11) is -1.39. The van der Waals surface area contributed by atoms with Crippen LogP contribution in [0.5, 0.6) is 5.75 Å². The van der Waals surface area contributed by atoms with Gasteiger partial charge in [-0.2, -0.15) is 0 Å². The molecule has 5 rings (SSSR count). The molecule has 33 heavy (non-hydrogen) atoms. The van der Waals surface area contributed by atoms with Crippen LogP contribution in [0, 0.1) is 0 Å². The van der Waals surface area contributed by atoms with Gasteiger partial charge in [-0.15, -0.1) is 0 Å². The zero-order valence-electron chi connectivity index (χ0n) is 18.9. The number of likely N-dealkylation sites (tertiary alicyclic amines) is 1. The van der Waals surface area contributed by atoms with E-state index < -0.39 is 15.6 Å². The summed E-state index contributed by atoms with van der Waals surface area (Å²) >= 11 is 0. The van der Waals surface area contributed by atoms with Crippen LogP contribution < -0.4 is 9.46 Å². The highest BCUT2D eigenvalue weighted by Gasteiger charge is 2.42. The van der Waals surface area contributed by atoms with Gasteiger partial charge in [0.2, 0.25) is 10.0 Å². The smallest absolute Gasteiger partial charge is 0.229 e. The van der Waals surface area contributed by atoms with Crippen LogP contribution in [0.15, 0.2) is 42.7 Å². The summed E-state index contributed by atoms with van der Waals surface area (Å²) in [5, 5.41) is 0. The number of sulfonamides is 1. The van der Waals surface area contributed by atoms with Crippen molar-refractivity contribution in [3.8, 4) is 5.75 Å². The highest BCUT2D eigenvalue weighted by atomic mass is 32.2. The molecule has 1 aromatic heterocycles. The van der Waals surface area contributed by atoms with Gasteiger partial charge in [0.05, 0.1) is 35.6 Å². The van der Waals surface area contributed by atoms with E-state index in [9.17, 15) is 13.2 Å². The maximum Gasteiger partial charge on any atom is 0.229 e. The number of ketones is 1. The van der Waals surface area contributed by atoms with Gasteiger partial charge in [-0.1, -0.05) is 6.07 Å². The number of nitrogens with zero attached hydrogens (tertiary/aromatic N) is 3. The number of carbonyl (C=O) groups is 1. The molecule has 1 fully saturated rings. The second kappa shape index (κ2) is 8.14. The average molecular weight is 469 g/mol. The minimum absolute atomic E-state index is 0.00586. The third kappa shape index (κ3) is 4.60. The lowest BCUT2D eigenvalue weighted by molar-refractivity contribution is -0.00864. The van der Waals surface area contributed by atoms with Gasteiger partial charge in [0.15, 0.2) is 5.78 Å². The lowest BCUT2D eigenvalue weighted by Gasteiger charge is -2.44. The number of aryl methyl sites for hydroxylation is 1. The van der Waals surface area contributed by atoms with Crippen molar-refractivity contribution in [3.63, 3.8) is 0 Å². The fraction of sp³-hybridized carbons (Fsp3) is 0.417. The molecule has 3 aromatic rings. The summed E-state index contributed by atoms with van der Waals surface area (Å²) in [4.78, 5) is 19.7. The first-order chi connectivity index (χ1) is 15.7. The molecule has 1 N–H and O–H groups in total. The van der Waals surface area contributed by atoms with E-state index in [0.717, 1.165) is 56.2 Å². The Hall–Kier alpha value is -2.91. The maximum absolute atomic E-state index is 12.9. The number of anilines is 1. The fourth-order valence-corrected chi connectivity index (χ4v) is 5.40. The highest BCUT2D eigenvalue weighted by molar-refractivity contribution is 7.92. The van der Waals surface area contributed by atoms with E-state index in [1.807, 2.05) is 17.9 Å². The number of aromatic nitrogens is 2. The first-order valence-electron chi connectivity index (χ1n) is 11.2. The standard InChI is InChI=1S/C24H28N4O4S/c1-27-16-25-20-5-3-17(13-21(20)27)7-10-28-11-8-24(9-12-28)15-22(29)19-14-18(26-33(2,30)31)4-6-23(19)32-24/h3-6,13-14,16,26H,7-12,15H2,1-2H3. The van der Waals surface area contributed by atoms with Crippen LogP contribution in [0.4, 0.5) is 5.69 Å². The van der Waals surface area contributed by atoms with Crippen molar-refractivity contribution in [2.75, 3.05) is 30.6 Å². The van der Waals surface area contributed by atoms with Gasteiger partial charge >= 0.3 is 0 Å². The normalized spacial score (nSPS) is 18.3. The van der Waals surface area contributed by atoms with Crippen LogP contribution in [-0.4, -0.2) is 60.1 Å². The zero-order valence-corrected chi connectivity index (χ0v) is 19.7. The lowest BCUT2D eigenvalue weighted by Crippen LogP contribution is -2.51. The molecule has 9 heteroatoms. The number of benzene rings is 2. The summed E-state index contributed by atoms with van der Waals surface area (Å²) in [5.41, 5.74) is 3.81. The Kier molecular flexibility index (Phi) is 5.41. The van der Waals surface area contributed by atoms with Gasteiger partial charge in [0.25, 0.3) is 0 Å². The third-order valence-corrected chi connectivity index (χ3v) is 7.27. The number of hydrogen-bond donors (Lipinski definition) is 1. The van der Waals surface area contributed by atoms with E-state index in [4.69, 9.17) is 4.74 Å². The molecule has 3 heterocycles. The number of Topliss-reactive ketones (excluding diaryl/α,β-unsaturated/α-hetero) is 1. The Balaban J connectivity index is 1.21. The zero-order chi connectivity index (χ0) is 23.2. The van der Waals surface area contributed by atoms with Crippen LogP contribution in [-0.2, 0) is 23.5 Å². The van der Waals surface area contributed by atoms with E-state index >= 15 is 0 Å². The Bertz CT molecular complexity index is 1320. The summed E-state index contributed by atoms with van der Waals surface area (Å²) in [6, 6.07) is 11.3. The Morgan fingerprint density at radius 2 is 1.94 bits per heavy atom. The molecule has 0 unspecified atom stereocenters. The van der Waals surface area contributed by atoms with E-state index in [0.29, 0.717) is 23.4 Å². The van der Waals surface area contributed by atoms with Crippen molar-refractivity contribution in [3.05, 3.63) is 53.9 Å². The number of fused-ring (bicyclic) bond motifs is 2. The summed E-state index contributed by atoms with van der Waals surface area (Å²) in [6.07, 6.45) is 5.81. The van der Waals surface area contributed by atoms with Gasteiger partial charge < -0.3 is 14.2 Å². The molecule has 1 saturated heterocycles. The van der Waals surface area contributed by atoms with Gasteiger partial charge in [0, 0.05) is 45.2 Å². The number of imidazole rings is 1. The SMILES string of the molecule is Cn1cnc2ccc(CCN3CCC4(CC3)CC(=O)c3cc(NS(C)(=O)=O)ccc3O4)cc21. The quantitative estimate of drug-likeness (QED) is 0.619. The van der Waals surface area contributed by atoms with Crippen molar-refractivity contribution in [2.24, 2.45) is 7.05 Å². The van der Waals surface area contributed by atoms with Crippen molar-refractivity contribution in [1.82, 2.24) is 14.5 Å². The topological polar surface area (TPSA) is 93.5 Å². The maximum atomic E-state index is 12.9. The van der Waals surface area contributed by atoms with Gasteiger partial charge in [-0.3, -0.25) is 9.52 Å². The molecule has 1 spiro atoms. The third-order valence-electron chi connectivity index (χ3n) is 6.67.